The molecule has 0 spiro atoms. The lowest BCUT2D eigenvalue weighted by atomic mass is 9.94. The van der Waals surface area contributed by atoms with E-state index in [1.807, 2.05) is 18.2 Å². The van der Waals surface area contributed by atoms with Gasteiger partial charge in [0.1, 0.15) is 0 Å². The average molecular weight is 502 g/mol. The number of hydrogen-bond acceptors (Lipinski definition) is 7. The number of thiophene rings is 1. The molecule has 4 aromatic rings. The Hall–Kier alpha value is -3.82. The van der Waals surface area contributed by atoms with Gasteiger partial charge in [-0.25, -0.2) is 4.98 Å². The standard InChI is InChI=1S/C27H27N5O3S/c1-27(2,3)22-11-16-13-32(25(34)23(16)36-22)21-9-5-8-18(19(21)15-33)20-14-31(4)26(35)24(30-20)29-17-7-6-10-28-12-17/h5-12,14,33H,13,15H2,1-4H3,(H,29,30). The minimum atomic E-state index is -0.293. The molecule has 0 aliphatic carbocycles. The molecular weight excluding hydrogens is 474 g/mol. The van der Waals surface area contributed by atoms with Crippen molar-refractivity contribution >= 4 is 34.4 Å². The summed E-state index contributed by atoms with van der Waals surface area (Å²) in [7, 11) is 1.65. The van der Waals surface area contributed by atoms with E-state index in [1.165, 1.54) is 20.8 Å². The lowest BCUT2D eigenvalue weighted by Gasteiger charge is -2.22. The van der Waals surface area contributed by atoms with Crippen LogP contribution in [0.2, 0.25) is 0 Å². The van der Waals surface area contributed by atoms with Crippen molar-refractivity contribution in [3.05, 3.63) is 86.2 Å². The fourth-order valence-electron chi connectivity index (χ4n) is 4.28. The number of aliphatic hydroxyl groups excluding tert-OH is 1. The number of fused-ring (bicyclic) bond motifs is 1. The van der Waals surface area contributed by atoms with Crippen LogP contribution in [-0.2, 0) is 25.6 Å². The van der Waals surface area contributed by atoms with Crippen LogP contribution < -0.4 is 15.8 Å². The maximum Gasteiger partial charge on any atom is 0.293 e. The molecule has 1 aliphatic rings. The van der Waals surface area contributed by atoms with Crippen molar-refractivity contribution in [3.8, 4) is 11.3 Å². The third-order valence-electron chi connectivity index (χ3n) is 6.19. The van der Waals surface area contributed by atoms with Crippen LogP contribution >= 0.6 is 11.3 Å². The Morgan fingerprint density at radius 3 is 2.64 bits per heavy atom. The van der Waals surface area contributed by atoms with E-state index in [4.69, 9.17) is 0 Å². The first-order chi connectivity index (χ1) is 17.2. The van der Waals surface area contributed by atoms with Gasteiger partial charge in [0.2, 0.25) is 0 Å². The molecule has 2 N–H and O–H groups in total. The zero-order valence-corrected chi connectivity index (χ0v) is 21.4. The molecule has 1 aromatic carbocycles. The summed E-state index contributed by atoms with van der Waals surface area (Å²) in [6.07, 6.45) is 4.89. The number of rotatable bonds is 5. The van der Waals surface area contributed by atoms with Crippen LogP contribution in [-0.4, -0.2) is 25.5 Å². The van der Waals surface area contributed by atoms with E-state index in [1.54, 1.807) is 42.7 Å². The molecule has 0 bridgehead atoms. The van der Waals surface area contributed by atoms with E-state index in [9.17, 15) is 14.7 Å². The summed E-state index contributed by atoms with van der Waals surface area (Å²) in [6.45, 7) is 6.58. The summed E-state index contributed by atoms with van der Waals surface area (Å²) in [5, 5.41) is 13.4. The van der Waals surface area contributed by atoms with E-state index in [0.29, 0.717) is 34.7 Å². The topological polar surface area (TPSA) is 100 Å². The Labute approximate surface area is 212 Å². The molecule has 0 saturated carbocycles. The average Bonchev–Trinajstić information content (AvgIpc) is 3.41. The maximum atomic E-state index is 13.4. The third kappa shape index (κ3) is 4.20. The highest BCUT2D eigenvalue weighted by atomic mass is 32.1. The number of aryl methyl sites for hydroxylation is 1. The van der Waals surface area contributed by atoms with Crippen LogP contribution in [0.15, 0.2) is 59.8 Å². The number of carbonyl (C=O) groups excluding carboxylic acids is 1. The number of hydrogen-bond donors (Lipinski definition) is 2. The molecule has 0 atom stereocenters. The van der Waals surface area contributed by atoms with Crippen molar-refractivity contribution < 1.29 is 9.90 Å². The quantitative estimate of drug-likeness (QED) is 0.415. The summed E-state index contributed by atoms with van der Waals surface area (Å²) in [5.41, 5.74) is 3.70. The Kier molecular flexibility index (Phi) is 5.97. The second-order valence-corrected chi connectivity index (χ2v) is 10.9. The summed E-state index contributed by atoms with van der Waals surface area (Å²) in [5.74, 6) is 0.0798. The molecule has 0 saturated heterocycles. The number of carbonyl (C=O) groups is 1. The highest BCUT2D eigenvalue weighted by Gasteiger charge is 2.34. The Bertz CT molecular complexity index is 1520. The molecule has 1 aliphatic heterocycles. The predicted molar refractivity (Wildman–Crippen MR) is 142 cm³/mol. The number of pyridine rings is 1. The second kappa shape index (κ2) is 9.00. The predicted octanol–water partition coefficient (Wildman–Crippen LogP) is 4.60. The van der Waals surface area contributed by atoms with E-state index in [2.05, 4.69) is 42.1 Å². The molecule has 0 unspecified atom stereocenters. The molecule has 0 radical (unpaired) electrons. The first-order valence-corrected chi connectivity index (χ1v) is 12.4. The van der Waals surface area contributed by atoms with Gasteiger partial charge in [0.05, 0.1) is 41.3 Å². The van der Waals surface area contributed by atoms with Crippen LogP contribution in [0, 0.1) is 0 Å². The van der Waals surface area contributed by atoms with Crippen LogP contribution in [0.5, 0.6) is 0 Å². The van der Waals surface area contributed by atoms with Gasteiger partial charge in [-0.2, -0.15) is 0 Å². The Morgan fingerprint density at radius 1 is 1.17 bits per heavy atom. The number of nitrogens with zero attached hydrogens (tertiary/aromatic N) is 4. The van der Waals surface area contributed by atoms with Gasteiger partial charge < -0.3 is 19.9 Å². The number of aromatic nitrogens is 3. The molecule has 5 rings (SSSR count). The molecule has 9 heteroatoms. The fourth-order valence-corrected chi connectivity index (χ4v) is 5.46. The van der Waals surface area contributed by atoms with E-state index in [-0.39, 0.29) is 29.3 Å². The number of nitrogens with one attached hydrogen (secondary N) is 1. The molecular formula is C27H27N5O3S. The highest BCUT2D eigenvalue weighted by Crippen LogP contribution is 2.41. The molecule has 184 valence electrons. The number of anilines is 3. The zero-order chi connectivity index (χ0) is 25.6. The van der Waals surface area contributed by atoms with Crippen molar-refractivity contribution in [2.24, 2.45) is 7.05 Å². The molecule has 8 nitrogen and oxygen atoms in total. The SMILES string of the molecule is Cn1cc(-c2cccc(N3Cc4cc(C(C)(C)C)sc4C3=O)c2CO)nc(Nc2cccnc2)c1=O. The maximum absolute atomic E-state index is 13.4. The molecule has 36 heavy (non-hydrogen) atoms. The third-order valence-corrected chi connectivity index (χ3v) is 7.78. The zero-order valence-electron chi connectivity index (χ0n) is 20.6. The lowest BCUT2D eigenvalue weighted by Crippen LogP contribution is -2.25. The van der Waals surface area contributed by atoms with Crippen molar-refractivity contribution in [2.45, 2.75) is 39.3 Å². The van der Waals surface area contributed by atoms with Crippen molar-refractivity contribution in [3.63, 3.8) is 0 Å². The van der Waals surface area contributed by atoms with E-state index < -0.39 is 0 Å². The first kappa shape index (κ1) is 23.9. The van der Waals surface area contributed by atoms with Crippen molar-refractivity contribution in [1.29, 1.82) is 0 Å². The van der Waals surface area contributed by atoms with Crippen LogP contribution in [0.1, 0.15) is 46.4 Å². The largest absolute Gasteiger partial charge is 0.392 e. The van der Waals surface area contributed by atoms with E-state index in [0.717, 1.165) is 10.4 Å². The van der Waals surface area contributed by atoms with Gasteiger partial charge >= 0.3 is 0 Å². The van der Waals surface area contributed by atoms with Crippen LogP contribution in [0.3, 0.4) is 0 Å². The lowest BCUT2D eigenvalue weighted by molar-refractivity contribution is 0.0999. The van der Waals surface area contributed by atoms with Gasteiger partial charge in [0.25, 0.3) is 11.5 Å². The minimum absolute atomic E-state index is 0.0211. The number of amides is 1. The summed E-state index contributed by atoms with van der Waals surface area (Å²) in [6, 6.07) is 11.2. The normalized spacial score (nSPS) is 13.2. The van der Waals surface area contributed by atoms with Gasteiger partial charge in [-0.15, -0.1) is 11.3 Å². The van der Waals surface area contributed by atoms with Crippen molar-refractivity contribution in [2.75, 3.05) is 10.2 Å². The van der Waals surface area contributed by atoms with Gasteiger partial charge in [0.15, 0.2) is 5.82 Å². The van der Waals surface area contributed by atoms with Crippen LogP contribution in [0.4, 0.5) is 17.2 Å². The Morgan fingerprint density at radius 2 is 1.97 bits per heavy atom. The van der Waals surface area contributed by atoms with Gasteiger partial charge in [0, 0.05) is 35.4 Å². The Balaban J connectivity index is 1.54. The number of benzene rings is 1. The number of aliphatic hydroxyl groups is 1. The van der Waals surface area contributed by atoms with Crippen molar-refractivity contribution in [1.82, 2.24) is 14.5 Å². The smallest absolute Gasteiger partial charge is 0.293 e. The first-order valence-electron chi connectivity index (χ1n) is 11.6. The van der Waals surface area contributed by atoms with Gasteiger partial charge in [-0.1, -0.05) is 32.9 Å². The van der Waals surface area contributed by atoms with Crippen LogP contribution in [0.25, 0.3) is 11.3 Å². The molecule has 3 aromatic heterocycles. The molecule has 0 fully saturated rings. The van der Waals surface area contributed by atoms with E-state index >= 15 is 0 Å². The van der Waals surface area contributed by atoms with Gasteiger partial charge in [-0.3, -0.25) is 14.6 Å². The second-order valence-electron chi connectivity index (χ2n) is 9.83. The molecule has 1 amide bonds. The van der Waals surface area contributed by atoms with Gasteiger partial charge in [-0.05, 0) is 35.2 Å². The summed E-state index contributed by atoms with van der Waals surface area (Å²) >= 11 is 1.54. The monoisotopic (exact) mass is 501 g/mol. The molecule has 4 heterocycles. The summed E-state index contributed by atoms with van der Waals surface area (Å²) in [4.78, 5) is 38.4. The summed E-state index contributed by atoms with van der Waals surface area (Å²) < 4.78 is 1.45. The minimum Gasteiger partial charge on any atom is -0.392 e. The highest BCUT2D eigenvalue weighted by molar-refractivity contribution is 7.14. The fraction of sp³-hybridized carbons (Fsp3) is 0.259.